The van der Waals surface area contributed by atoms with Crippen LogP contribution in [0.2, 0.25) is 0 Å². The van der Waals surface area contributed by atoms with Crippen molar-refractivity contribution in [3.05, 3.63) is 12.3 Å². The summed E-state index contributed by atoms with van der Waals surface area (Å²) >= 11 is 0. The van der Waals surface area contributed by atoms with Gasteiger partial charge in [-0.3, -0.25) is 24.4 Å². The molecule has 0 spiro atoms. The maximum atomic E-state index is 11.3. The lowest BCUT2D eigenvalue weighted by atomic mass is 10.1. The Morgan fingerprint density at radius 3 is 1.60 bits per heavy atom. The van der Waals surface area contributed by atoms with E-state index in [2.05, 4.69) is 30.2 Å². The van der Waals surface area contributed by atoms with E-state index in [-0.39, 0.29) is 12.3 Å². The molecule has 0 aromatic rings. The van der Waals surface area contributed by atoms with E-state index in [0.717, 1.165) is 51.7 Å². The Kier molecular flexibility index (Phi) is 29.5. The molecule has 1 aliphatic rings. The zero-order chi connectivity index (χ0) is 27.6. The van der Waals surface area contributed by atoms with Crippen LogP contribution in [-0.4, -0.2) is 120 Å². The zero-order valence-electron chi connectivity index (χ0n) is 24.3. The van der Waals surface area contributed by atoms with E-state index in [4.69, 9.17) is 0 Å². The molecule has 1 unspecified atom stereocenters. The first-order chi connectivity index (χ1) is 16.9. The molecule has 0 saturated carbocycles. The molecule has 0 radical (unpaired) electrons. The second-order valence-electron chi connectivity index (χ2n) is 7.87. The Hall–Kier alpha value is -1.48. The fourth-order valence-electron chi connectivity index (χ4n) is 3.95. The number of carbonyl (C=O) groups is 2. The average Bonchev–Trinajstić information content (AvgIpc) is 2.86. The second kappa shape index (κ2) is 27.1. The van der Waals surface area contributed by atoms with Crippen molar-refractivity contribution in [1.82, 2.24) is 19.6 Å². The largest absolute Gasteiger partial charge is 0.512 e. The quantitative estimate of drug-likeness (QED) is 0.339. The molecular formula is C27H58N4O4. The van der Waals surface area contributed by atoms with Gasteiger partial charge < -0.3 is 15.0 Å². The van der Waals surface area contributed by atoms with E-state index in [0.29, 0.717) is 45.3 Å². The molecule has 0 aromatic carbocycles. The Bertz CT molecular complexity index is 474. The summed E-state index contributed by atoms with van der Waals surface area (Å²) < 4.78 is 0. The lowest BCUT2D eigenvalue weighted by Crippen LogP contribution is -2.49. The topological polar surface area (TPSA) is 87.6 Å². The number of carboxylic acid groups (broad SMARTS) is 1. The van der Waals surface area contributed by atoms with E-state index in [9.17, 15) is 19.8 Å². The molecule has 210 valence electrons. The molecular weight excluding hydrogens is 444 g/mol. The third kappa shape index (κ3) is 20.4. The monoisotopic (exact) mass is 502 g/mol. The van der Waals surface area contributed by atoms with Gasteiger partial charge in [0.25, 0.3) is 0 Å². The van der Waals surface area contributed by atoms with Crippen LogP contribution in [0, 0.1) is 0 Å². The lowest BCUT2D eigenvalue weighted by molar-refractivity contribution is -0.138. The third-order valence-corrected chi connectivity index (χ3v) is 5.58. The van der Waals surface area contributed by atoms with Gasteiger partial charge in [0.05, 0.1) is 25.4 Å². The van der Waals surface area contributed by atoms with Crippen molar-refractivity contribution in [3.8, 4) is 0 Å². The van der Waals surface area contributed by atoms with Crippen molar-refractivity contribution < 1.29 is 19.8 Å². The van der Waals surface area contributed by atoms with Crippen molar-refractivity contribution in [2.75, 3.05) is 72.0 Å². The minimum Gasteiger partial charge on any atom is -0.512 e. The zero-order valence-corrected chi connectivity index (χ0v) is 24.3. The Morgan fingerprint density at radius 1 is 0.800 bits per heavy atom. The molecule has 1 atom stereocenters. The van der Waals surface area contributed by atoms with Gasteiger partial charge in [0.1, 0.15) is 6.29 Å². The molecule has 0 bridgehead atoms. The van der Waals surface area contributed by atoms with Crippen LogP contribution in [0.1, 0.15) is 74.7 Å². The minimum atomic E-state index is -0.821. The smallest absolute Gasteiger partial charge is 0.317 e. The van der Waals surface area contributed by atoms with Crippen LogP contribution >= 0.6 is 0 Å². The van der Waals surface area contributed by atoms with Gasteiger partial charge in [0, 0.05) is 58.4 Å². The summed E-state index contributed by atoms with van der Waals surface area (Å²) in [5.41, 5.74) is 0. The SMILES string of the molecule is C=C(O)CN1CCN(CC=O)CCN(CC(=O)O)CCN(C(CC)CCC)CC1.CC.CC.CC. The minimum absolute atomic E-state index is 0.0177. The molecule has 1 fully saturated rings. The highest BCUT2D eigenvalue weighted by atomic mass is 16.4. The molecule has 35 heavy (non-hydrogen) atoms. The molecule has 1 heterocycles. The average molecular weight is 503 g/mol. The summed E-state index contributed by atoms with van der Waals surface area (Å²) in [7, 11) is 0. The van der Waals surface area contributed by atoms with Gasteiger partial charge in [-0.2, -0.15) is 0 Å². The number of rotatable bonds is 10. The van der Waals surface area contributed by atoms with Gasteiger partial charge in [-0.05, 0) is 12.8 Å². The number of carboxylic acids is 1. The van der Waals surface area contributed by atoms with E-state index < -0.39 is 5.97 Å². The highest BCUT2D eigenvalue weighted by molar-refractivity contribution is 5.69. The number of hydrogen-bond acceptors (Lipinski definition) is 7. The first-order valence-corrected chi connectivity index (χ1v) is 13.8. The molecule has 0 amide bonds. The fourth-order valence-corrected chi connectivity index (χ4v) is 3.95. The molecule has 8 heteroatoms. The Labute approximate surface area is 217 Å². The van der Waals surface area contributed by atoms with Gasteiger partial charge in [-0.15, -0.1) is 0 Å². The van der Waals surface area contributed by atoms with E-state index >= 15 is 0 Å². The number of nitrogens with zero attached hydrogens (tertiary/aromatic N) is 4. The van der Waals surface area contributed by atoms with Gasteiger partial charge in [-0.25, -0.2) is 0 Å². The van der Waals surface area contributed by atoms with Crippen molar-refractivity contribution in [2.45, 2.75) is 80.7 Å². The van der Waals surface area contributed by atoms with Crippen LogP contribution < -0.4 is 0 Å². The summed E-state index contributed by atoms with van der Waals surface area (Å²) in [5.74, 6) is -0.669. The first-order valence-electron chi connectivity index (χ1n) is 13.8. The number of aliphatic hydroxyl groups is 1. The fraction of sp³-hybridized carbons (Fsp3) is 0.852. The van der Waals surface area contributed by atoms with Crippen LogP contribution in [0.5, 0.6) is 0 Å². The Balaban J connectivity index is -0.00000158. The van der Waals surface area contributed by atoms with Crippen LogP contribution in [0.25, 0.3) is 0 Å². The lowest BCUT2D eigenvalue weighted by Gasteiger charge is -2.36. The van der Waals surface area contributed by atoms with E-state index in [1.54, 1.807) is 0 Å². The van der Waals surface area contributed by atoms with Gasteiger partial charge >= 0.3 is 5.97 Å². The molecule has 0 aliphatic carbocycles. The summed E-state index contributed by atoms with van der Waals surface area (Å²) in [4.78, 5) is 31.0. The van der Waals surface area contributed by atoms with Gasteiger partial charge in [-0.1, -0.05) is 68.4 Å². The predicted molar refractivity (Wildman–Crippen MR) is 149 cm³/mol. The van der Waals surface area contributed by atoms with Crippen molar-refractivity contribution in [3.63, 3.8) is 0 Å². The Morgan fingerprint density at radius 2 is 1.23 bits per heavy atom. The maximum absolute atomic E-state index is 11.3. The summed E-state index contributed by atoms with van der Waals surface area (Å²) in [6.07, 6.45) is 4.19. The molecule has 1 aliphatic heterocycles. The highest BCUT2D eigenvalue weighted by Gasteiger charge is 2.21. The van der Waals surface area contributed by atoms with Crippen LogP contribution in [0.3, 0.4) is 0 Å². The number of aliphatic carboxylic acids is 1. The maximum Gasteiger partial charge on any atom is 0.317 e. The standard InChI is InChI=1S/C21H40N4O4.3C2H6/c1-4-6-20(5-2)25-13-11-23(17-19(3)27)9-7-22(15-16-26)8-10-24(12-14-25)18-21(28)29;3*1-2/h16,20,27H,3-15,17-18H2,1-2H3,(H,28,29);3*1-2H3. The summed E-state index contributed by atoms with van der Waals surface area (Å²) in [6, 6.07) is 0.473. The van der Waals surface area contributed by atoms with Crippen LogP contribution in [-0.2, 0) is 9.59 Å². The van der Waals surface area contributed by atoms with Crippen LogP contribution in [0.4, 0.5) is 0 Å². The molecule has 2 N–H and O–H groups in total. The van der Waals surface area contributed by atoms with Crippen LogP contribution in [0.15, 0.2) is 12.3 Å². The number of hydrogen-bond donors (Lipinski definition) is 2. The molecule has 8 nitrogen and oxygen atoms in total. The van der Waals surface area contributed by atoms with Crippen molar-refractivity contribution >= 4 is 12.3 Å². The summed E-state index contributed by atoms with van der Waals surface area (Å²) in [5, 5.41) is 19.0. The van der Waals surface area contributed by atoms with Gasteiger partial charge in [0.15, 0.2) is 0 Å². The number of aldehydes is 1. The molecule has 1 rings (SSSR count). The number of aliphatic hydroxyl groups excluding tert-OH is 1. The van der Waals surface area contributed by atoms with Crippen molar-refractivity contribution in [2.24, 2.45) is 0 Å². The molecule has 0 aromatic heterocycles. The van der Waals surface area contributed by atoms with E-state index in [1.807, 2.05) is 51.3 Å². The molecule has 1 saturated heterocycles. The van der Waals surface area contributed by atoms with Gasteiger partial charge in [0.2, 0.25) is 0 Å². The first kappa shape index (κ1) is 38.1. The summed E-state index contributed by atoms with van der Waals surface area (Å²) in [6.45, 7) is 26.7. The number of carbonyl (C=O) groups excluding carboxylic acids is 1. The third-order valence-electron chi connectivity index (χ3n) is 5.58. The second-order valence-corrected chi connectivity index (χ2v) is 7.87. The predicted octanol–water partition coefficient (Wildman–Crippen LogP) is 4.22. The van der Waals surface area contributed by atoms with E-state index in [1.165, 1.54) is 0 Å². The highest BCUT2D eigenvalue weighted by Crippen LogP contribution is 2.12. The van der Waals surface area contributed by atoms with Crippen molar-refractivity contribution in [1.29, 1.82) is 0 Å². The normalized spacial score (nSPS) is 17.5.